The first-order valence-corrected chi connectivity index (χ1v) is 13.9. The van der Waals surface area contributed by atoms with Crippen LogP contribution in [-0.2, 0) is 26.3 Å². The number of rotatable bonds is 9. The summed E-state index contributed by atoms with van der Waals surface area (Å²) in [6.45, 7) is 5.94. The van der Waals surface area contributed by atoms with Gasteiger partial charge in [-0.3, -0.25) is 14.9 Å². The highest BCUT2D eigenvalue weighted by Crippen LogP contribution is 2.42. The summed E-state index contributed by atoms with van der Waals surface area (Å²) in [6.07, 6.45) is 1.92. The number of alkyl halides is 3. The molecule has 2 aromatic carbocycles. The van der Waals surface area contributed by atoms with E-state index >= 15 is 0 Å². The van der Waals surface area contributed by atoms with Gasteiger partial charge in [0.15, 0.2) is 5.69 Å². The quantitative estimate of drug-likeness (QED) is 0.230. The van der Waals surface area contributed by atoms with E-state index in [1.807, 2.05) is 13.8 Å². The van der Waals surface area contributed by atoms with E-state index in [2.05, 4.69) is 10.4 Å². The Morgan fingerprint density at radius 1 is 1.14 bits per heavy atom. The van der Waals surface area contributed by atoms with Crippen molar-refractivity contribution in [3.63, 3.8) is 0 Å². The normalized spacial score (nSPS) is 14.4. The zero-order chi connectivity index (χ0) is 30.3. The molecule has 1 amide bonds. The maximum atomic E-state index is 14.1. The fourth-order valence-electron chi connectivity index (χ4n) is 5.22. The van der Waals surface area contributed by atoms with Crippen LogP contribution < -0.4 is 10.9 Å². The van der Waals surface area contributed by atoms with Crippen LogP contribution in [0.2, 0.25) is 0 Å². The summed E-state index contributed by atoms with van der Waals surface area (Å²) < 4.78 is 61.0. The van der Waals surface area contributed by atoms with Crippen LogP contribution in [0.4, 0.5) is 17.6 Å². The number of nitrogens with zero attached hydrogens (tertiary/aromatic N) is 4. The number of hydrogen-bond donors (Lipinski definition) is 2. The lowest BCUT2D eigenvalue weighted by molar-refractivity contribution is -0.141. The molecule has 1 fully saturated rings. The van der Waals surface area contributed by atoms with E-state index in [0.717, 1.165) is 18.4 Å². The van der Waals surface area contributed by atoms with E-state index < -0.39 is 17.8 Å². The molecule has 0 radical (unpaired) electrons. The van der Waals surface area contributed by atoms with Crippen molar-refractivity contribution >= 4 is 5.91 Å². The number of hydrogen-bond acceptors (Lipinski definition) is 3. The third-order valence-electron chi connectivity index (χ3n) is 7.50. The summed E-state index contributed by atoms with van der Waals surface area (Å²) in [4.78, 5) is 13.7. The Morgan fingerprint density at radius 2 is 1.88 bits per heavy atom. The fraction of sp³-hybridized carbons (Fsp3) is 0.387. The van der Waals surface area contributed by atoms with Crippen LogP contribution in [0.3, 0.4) is 0 Å². The van der Waals surface area contributed by atoms with E-state index in [4.69, 9.17) is 5.41 Å². The van der Waals surface area contributed by atoms with Crippen LogP contribution >= 0.6 is 0 Å². The second kappa shape index (κ2) is 11.3. The van der Waals surface area contributed by atoms with Crippen molar-refractivity contribution in [3.05, 3.63) is 94.4 Å². The highest BCUT2D eigenvalue weighted by molar-refractivity contribution is 5.96. The number of carbonyl (C=O) groups is 1. The van der Waals surface area contributed by atoms with E-state index in [-0.39, 0.29) is 52.5 Å². The molecule has 222 valence electrons. The average molecular weight is 583 g/mol. The Bertz CT molecular complexity index is 1680. The standard InChI is InChI=1S/C31H34F4N6O/c1-18(2)15-41-17-25(28(38-41)31(33,34)35)23-12-20(16-40-10-9-39(4)30(40)36)13-24(14-23)29(42)37-27(21-5-6-21)22-7-8-26(32)19(3)11-22/h7-14,17-18,21,27,36H,5-6,15-16H2,1-4H3,(H,37,42)/t27-/m0/s1. The summed E-state index contributed by atoms with van der Waals surface area (Å²) in [5.74, 6) is -0.504. The van der Waals surface area contributed by atoms with Crippen LogP contribution in [0.1, 0.15) is 65.5 Å². The molecule has 0 spiro atoms. The Hall–Kier alpha value is -4.15. The molecule has 0 bridgehead atoms. The highest BCUT2D eigenvalue weighted by Gasteiger charge is 2.38. The van der Waals surface area contributed by atoms with Gasteiger partial charge in [-0.05, 0) is 78.1 Å². The van der Waals surface area contributed by atoms with E-state index in [1.165, 1.54) is 23.0 Å². The molecule has 7 nitrogen and oxygen atoms in total. The first-order chi connectivity index (χ1) is 19.8. The maximum absolute atomic E-state index is 14.1. The zero-order valence-electron chi connectivity index (χ0n) is 24.0. The third kappa shape index (κ3) is 6.34. The topological polar surface area (TPSA) is 80.6 Å². The lowest BCUT2D eigenvalue weighted by Crippen LogP contribution is -2.30. The van der Waals surface area contributed by atoms with E-state index in [0.29, 0.717) is 17.7 Å². The van der Waals surface area contributed by atoms with Crippen molar-refractivity contribution in [1.82, 2.24) is 24.2 Å². The van der Waals surface area contributed by atoms with Gasteiger partial charge in [0.2, 0.25) is 5.62 Å². The van der Waals surface area contributed by atoms with Gasteiger partial charge in [0.05, 0.1) is 12.6 Å². The molecule has 0 aliphatic heterocycles. The van der Waals surface area contributed by atoms with Gasteiger partial charge < -0.3 is 14.5 Å². The molecule has 5 rings (SSSR count). The molecule has 1 aliphatic carbocycles. The average Bonchev–Trinajstić information content (AvgIpc) is 3.60. The van der Waals surface area contributed by atoms with Gasteiger partial charge in [-0.15, -0.1) is 0 Å². The Balaban J connectivity index is 1.57. The number of benzene rings is 2. The second-order valence-corrected chi connectivity index (χ2v) is 11.6. The Kier molecular flexibility index (Phi) is 7.87. The van der Waals surface area contributed by atoms with Crippen LogP contribution in [-0.4, -0.2) is 24.8 Å². The molecule has 2 heterocycles. The summed E-state index contributed by atoms with van der Waals surface area (Å²) in [5.41, 5.74) is 1.30. The molecular weight excluding hydrogens is 548 g/mol. The summed E-state index contributed by atoms with van der Waals surface area (Å²) in [5, 5.41) is 15.2. The number of halogens is 4. The fourth-order valence-corrected chi connectivity index (χ4v) is 5.22. The number of aromatic nitrogens is 4. The maximum Gasteiger partial charge on any atom is 0.435 e. The van der Waals surface area contributed by atoms with Gasteiger partial charge >= 0.3 is 6.18 Å². The molecule has 0 saturated heterocycles. The van der Waals surface area contributed by atoms with Gasteiger partial charge in [-0.2, -0.15) is 18.3 Å². The molecule has 2 N–H and O–H groups in total. The van der Waals surface area contributed by atoms with Crippen molar-refractivity contribution in [2.24, 2.45) is 18.9 Å². The molecule has 1 aliphatic rings. The minimum Gasteiger partial charge on any atom is -0.345 e. The van der Waals surface area contributed by atoms with Gasteiger partial charge in [-0.25, -0.2) is 4.39 Å². The molecule has 0 unspecified atom stereocenters. The van der Waals surface area contributed by atoms with Crippen molar-refractivity contribution < 1.29 is 22.4 Å². The van der Waals surface area contributed by atoms with Gasteiger partial charge in [-0.1, -0.05) is 26.0 Å². The Labute approximate surface area is 241 Å². The zero-order valence-corrected chi connectivity index (χ0v) is 24.0. The largest absolute Gasteiger partial charge is 0.435 e. The number of amides is 1. The Morgan fingerprint density at radius 3 is 2.48 bits per heavy atom. The minimum atomic E-state index is -4.70. The number of imidazole rings is 1. The molecule has 1 saturated carbocycles. The van der Waals surface area contributed by atoms with Crippen LogP contribution in [0.15, 0.2) is 55.0 Å². The summed E-state index contributed by atoms with van der Waals surface area (Å²) >= 11 is 0. The number of carbonyl (C=O) groups excluding carboxylic acids is 1. The monoisotopic (exact) mass is 582 g/mol. The van der Waals surface area contributed by atoms with Crippen molar-refractivity contribution in [1.29, 1.82) is 5.41 Å². The molecule has 4 aromatic rings. The highest BCUT2D eigenvalue weighted by atomic mass is 19.4. The SMILES string of the molecule is Cc1cc([C@@H](NC(=O)c2cc(Cn3ccn(C)c3=N)cc(-c3cn(CC(C)C)nc3C(F)(F)F)c2)C2CC2)ccc1F. The predicted molar refractivity (Wildman–Crippen MR) is 150 cm³/mol. The first-order valence-electron chi connectivity index (χ1n) is 13.9. The van der Waals surface area contributed by atoms with Crippen LogP contribution in [0.5, 0.6) is 0 Å². The van der Waals surface area contributed by atoms with Gasteiger partial charge in [0.1, 0.15) is 5.82 Å². The van der Waals surface area contributed by atoms with Crippen molar-refractivity contribution in [2.75, 3.05) is 0 Å². The lowest BCUT2D eigenvalue weighted by atomic mass is 9.97. The second-order valence-electron chi connectivity index (χ2n) is 11.6. The summed E-state index contributed by atoms with van der Waals surface area (Å²) in [7, 11) is 1.72. The lowest BCUT2D eigenvalue weighted by Gasteiger charge is -2.20. The molecule has 11 heteroatoms. The van der Waals surface area contributed by atoms with Crippen molar-refractivity contribution in [3.8, 4) is 11.1 Å². The first kappa shape index (κ1) is 29.3. The van der Waals surface area contributed by atoms with Gasteiger partial charge in [0, 0.05) is 43.3 Å². The van der Waals surface area contributed by atoms with E-state index in [1.54, 1.807) is 59.8 Å². The van der Waals surface area contributed by atoms with Crippen LogP contribution in [0.25, 0.3) is 11.1 Å². The third-order valence-corrected chi connectivity index (χ3v) is 7.50. The molecular formula is C31H34F4N6O. The predicted octanol–water partition coefficient (Wildman–Crippen LogP) is 6.22. The number of aryl methyl sites for hydroxylation is 2. The summed E-state index contributed by atoms with van der Waals surface area (Å²) in [6, 6.07) is 9.13. The van der Waals surface area contributed by atoms with Gasteiger partial charge in [0.25, 0.3) is 5.91 Å². The molecule has 1 atom stereocenters. The van der Waals surface area contributed by atoms with Crippen molar-refractivity contribution in [2.45, 2.75) is 58.9 Å². The van der Waals surface area contributed by atoms with E-state index in [9.17, 15) is 22.4 Å². The number of nitrogens with one attached hydrogen (secondary N) is 2. The smallest absolute Gasteiger partial charge is 0.345 e. The van der Waals surface area contributed by atoms with Crippen LogP contribution in [0, 0.1) is 30.0 Å². The molecule has 2 aromatic heterocycles. The molecule has 42 heavy (non-hydrogen) atoms. The minimum absolute atomic E-state index is 0.0749.